The van der Waals surface area contributed by atoms with Gasteiger partial charge in [0.25, 0.3) is 0 Å². The number of anilines is 2. The minimum atomic E-state index is -0.469. The topological polar surface area (TPSA) is 71.5 Å². The number of nitrogens with one attached hydrogen (secondary N) is 1. The van der Waals surface area contributed by atoms with E-state index in [1.165, 1.54) is 19.1 Å². The summed E-state index contributed by atoms with van der Waals surface area (Å²) in [7, 11) is 0. The Morgan fingerprint density at radius 1 is 1.17 bits per heavy atom. The van der Waals surface area contributed by atoms with Crippen LogP contribution in [-0.2, 0) is 14.3 Å². The minimum Gasteiger partial charge on any atom is -0.456 e. The molecule has 1 N–H and O–H groups in total. The third-order valence-electron chi connectivity index (χ3n) is 5.31. The first-order valence-corrected chi connectivity index (χ1v) is 9.94. The fraction of sp³-hybridized carbons (Fsp3) is 0.409. The maximum absolute atomic E-state index is 13.1. The van der Waals surface area contributed by atoms with E-state index in [-0.39, 0.29) is 29.7 Å². The normalized spacial score (nSPS) is 19.3. The van der Waals surface area contributed by atoms with Crippen LogP contribution in [0.1, 0.15) is 56.6 Å². The summed E-state index contributed by atoms with van der Waals surface area (Å²) in [5.74, 6) is -0.432. The number of hydrogen-bond acceptors (Lipinski definition) is 5. The highest BCUT2D eigenvalue weighted by Crippen LogP contribution is 2.40. The summed E-state index contributed by atoms with van der Waals surface area (Å²) in [6.07, 6.45) is 1.93. The third kappa shape index (κ3) is 4.23. The summed E-state index contributed by atoms with van der Waals surface area (Å²) < 4.78 is 18.6. The number of amides is 1. The smallest absolute Gasteiger partial charge is 0.303 e. The van der Waals surface area contributed by atoms with Gasteiger partial charge in [0.2, 0.25) is 5.91 Å². The number of halogens is 1. The molecule has 1 aliphatic carbocycles. The number of ether oxygens (including phenoxy) is 1. The molecule has 1 fully saturated rings. The number of carbonyl (C=O) groups is 2. The first kappa shape index (κ1) is 19.4. The summed E-state index contributed by atoms with van der Waals surface area (Å²) in [6.45, 7) is 3.85. The van der Waals surface area contributed by atoms with Crippen molar-refractivity contribution in [3.05, 3.63) is 53.6 Å². The SMILES string of the molecule is CC(=O)OC1CCN(C(=O)C2CC2)c2ccc(C(C)Nc3ccc(F)cc3)nc21. The third-order valence-corrected chi connectivity index (χ3v) is 5.31. The Kier molecular flexibility index (Phi) is 5.22. The monoisotopic (exact) mass is 397 g/mol. The van der Waals surface area contributed by atoms with E-state index in [0.29, 0.717) is 18.7 Å². The van der Waals surface area contributed by atoms with Gasteiger partial charge in [-0.1, -0.05) is 0 Å². The van der Waals surface area contributed by atoms with Gasteiger partial charge in [0.15, 0.2) is 0 Å². The van der Waals surface area contributed by atoms with Crippen LogP contribution in [0, 0.1) is 11.7 Å². The van der Waals surface area contributed by atoms with Gasteiger partial charge in [-0.3, -0.25) is 9.59 Å². The maximum Gasteiger partial charge on any atom is 0.303 e. The lowest BCUT2D eigenvalue weighted by Gasteiger charge is -2.33. The van der Waals surface area contributed by atoms with Crippen LogP contribution in [0.5, 0.6) is 0 Å². The van der Waals surface area contributed by atoms with E-state index in [1.807, 2.05) is 19.1 Å². The average molecular weight is 397 g/mol. The van der Waals surface area contributed by atoms with Crippen LogP contribution in [0.3, 0.4) is 0 Å². The van der Waals surface area contributed by atoms with Crippen LogP contribution in [0.4, 0.5) is 15.8 Å². The van der Waals surface area contributed by atoms with Gasteiger partial charge < -0.3 is 15.0 Å². The van der Waals surface area contributed by atoms with Crippen molar-refractivity contribution in [1.82, 2.24) is 4.98 Å². The van der Waals surface area contributed by atoms with E-state index in [2.05, 4.69) is 5.32 Å². The molecule has 0 saturated heterocycles. The van der Waals surface area contributed by atoms with Crippen molar-refractivity contribution in [3.63, 3.8) is 0 Å². The standard InChI is InChI=1S/C22H24FN3O3/c1-13(24-17-7-5-16(23)6-8-17)18-9-10-19-21(25-18)20(29-14(2)27)11-12-26(19)22(28)15-3-4-15/h5-10,13,15,20,24H,3-4,11-12H2,1-2H3. The van der Waals surface area contributed by atoms with Crippen LogP contribution >= 0.6 is 0 Å². The van der Waals surface area contributed by atoms with E-state index < -0.39 is 6.10 Å². The molecule has 2 unspecified atom stereocenters. The molecule has 1 aliphatic heterocycles. The fourth-order valence-electron chi connectivity index (χ4n) is 3.66. The molecule has 6 nitrogen and oxygen atoms in total. The van der Waals surface area contributed by atoms with Gasteiger partial charge in [0.1, 0.15) is 17.6 Å². The number of hydrogen-bond donors (Lipinski definition) is 1. The lowest BCUT2D eigenvalue weighted by molar-refractivity contribution is -0.147. The Balaban J connectivity index is 1.62. The summed E-state index contributed by atoms with van der Waals surface area (Å²) in [4.78, 5) is 30.8. The number of esters is 1. The highest BCUT2D eigenvalue weighted by atomic mass is 19.1. The summed E-state index contributed by atoms with van der Waals surface area (Å²) >= 11 is 0. The summed E-state index contributed by atoms with van der Waals surface area (Å²) in [5.41, 5.74) is 2.87. The molecule has 0 radical (unpaired) electrons. The van der Waals surface area contributed by atoms with Gasteiger partial charge >= 0.3 is 5.97 Å². The second-order valence-corrected chi connectivity index (χ2v) is 7.66. The lowest BCUT2D eigenvalue weighted by atomic mass is 10.0. The predicted molar refractivity (Wildman–Crippen MR) is 107 cm³/mol. The zero-order chi connectivity index (χ0) is 20.5. The Bertz CT molecular complexity index is 927. The highest BCUT2D eigenvalue weighted by Gasteiger charge is 2.38. The van der Waals surface area contributed by atoms with Crippen molar-refractivity contribution in [2.45, 2.75) is 45.3 Å². The first-order valence-electron chi connectivity index (χ1n) is 9.94. The van der Waals surface area contributed by atoms with Gasteiger partial charge in [-0.2, -0.15) is 0 Å². The number of benzene rings is 1. The number of pyridine rings is 1. The quantitative estimate of drug-likeness (QED) is 0.768. The second kappa shape index (κ2) is 7.81. The van der Waals surface area contributed by atoms with Crippen molar-refractivity contribution >= 4 is 23.3 Å². The molecule has 1 saturated carbocycles. The van der Waals surface area contributed by atoms with Crippen LogP contribution in [0.25, 0.3) is 0 Å². The van der Waals surface area contributed by atoms with Crippen molar-refractivity contribution in [3.8, 4) is 0 Å². The van der Waals surface area contributed by atoms with Crippen LogP contribution in [0.2, 0.25) is 0 Å². The van der Waals surface area contributed by atoms with Crippen molar-refractivity contribution in [2.75, 3.05) is 16.8 Å². The zero-order valence-corrected chi connectivity index (χ0v) is 16.5. The number of carbonyl (C=O) groups excluding carboxylic acids is 2. The molecule has 7 heteroatoms. The molecule has 4 rings (SSSR count). The van der Waals surface area contributed by atoms with Gasteiger partial charge in [-0.15, -0.1) is 0 Å². The molecule has 152 valence electrons. The predicted octanol–water partition coefficient (Wildman–Crippen LogP) is 4.14. The molecule has 1 aromatic heterocycles. The van der Waals surface area contributed by atoms with E-state index in [4.69, 9.17) is 9.72 Å². The van der Waals surface area contributed by atoms with Crippen LogP contribution < -0.4 is 10.2 Å². The molecular weight excluding hydrogens is 373 g/mol. The molecular formula is C22H24FN3O3. The molecule has 1 aromatic carbocycles. The van der Waals surface area contributed by atoms with E-state index in [9.17, 15) is 14.0 Å². The number of rotatable bonds is 5. The van der Waals surface area contributed by atoms with Crippen molar-refractivity contribution in [2.24, 2.45) is 5.92 Å². The molecule has 2 heterocycles. The van der Waals surface area contributed by atoms with E-state index in [1.54, 1.807) is 17.0 Å². The molecule has 2 atom stereocenters. The Hall–Kier alpha value is -2.96. The summed E-state index contributed by atoms with van der Waals surface area (Å²) in [6, 6.07) is 9.74. The Morgan fingerprint density at radius 2 is 1.90 bits per heavy atom. The van der Waals surface area contributed by atoms with Gasteiger partial charge in [0, 0.05) is 31.5 Å². The molecule has 2 aliphatic rings. The Morgan fingerprint density at radius 3 is 2.55 bits per heavy atom. The molecule has 0 bridgehead atoms. The van der Waals surface area contributed by atoms with Gasteiger partial charge in [-0.25, -0.2) is 9.37 Å². The van der Waals surface area contributed by atoms with Crippen molar-refractivity contribution in [1.29, 1.82) is 0 Å². The van der Waals surface area contributed by atoms with E-state index >= 15 is 0 Å². The van der Waals surface area contributed by atoms with E-state index in [0.717, 1.165) is 29.9 Å². The average Bonchev–Trinajstić information content (AvgIpc) is 3.54. The molecule has 0 spiro atoms. The molecule has 2 aromatic rings. The second-order valence-electron chi connectivity index (χ2n) is 7.66. The zero-order valence-electron chi connectivity index (χ0n) is 16.5. The van der Waals surface area contributed by atoms with Crippen LogP contribution in [0.15, 0.2) is 36.4 Å². The minimum absolute atomic E-state index is 0.104. The largest absolute Gasteiger partial charge is 0.456 e. The molecule has 1 amide bonds. The van der Waals surface area contributed by atoms with Gasteiger partial charge in [-0.05, 0) is 56.2 Å². The fourth-order valence-corrected chi connectivity index (χ4v) is 3.66. The number of fused-ring (bicyclic) bond motifs is 1. The number of aromatic nitrogens is 1. The maximum atomic E-state index is 13.1. The highest BCUT2D eigenvalue weighted by molar-refractivity contribution is 5.97. The van der Waals surface area contributed by atoms with Crippen LogP contribution in [-0.4, -0.2) is 23.4 Å². The summed E-state index contributed by atoms with van der Waals surface area (Å²) in [5, 5.41) is 3.29. The first-order chi connectivity index (χ1) is 13.9. The lowest BCUT2D eigenvalue weighted by Crippen LogP contribution is -2.39. The van der Waals surface area contributed by atoms with Gasteiger partial charge in [0.05, 0.1) is 17.4 Å². The molecule has 29 heavy (non-hydrogen) atoms. The Labute approximate surface area is 169 Å². The number of nitrogens with zero attached hydrogens (tertiary/aromatic N) is 2. The van der Waals surface area contributed by atoms with Crippen molar-refractivity contribution < 1.29 is 18.7 Å².